The molecule has 0 bridgehead atoms. The van der Waals surface area contributed by atoms with Gasteiger partial charge in [-0.05, 0) is 31.4 Å². The second-order valence-corrected chi connectivity index (χ2v) is 6.62. The quantitative estimate of drug-likeness (QED) is 0.624. The minimum atomic E-state index is -0.227. The Balaban J connectivity index is 1.59. The molecule has 2 aliphatic heterocycles. The number of rotatable bonds is 3. The van der Waals surface area contributed by atoms with Crippen molar-refractivity contribution in [1.29, 1.82) is 0 Å². The van der Waals surface area contributed by atoms with Crippen LogP contribution in [0.25, 0.3) is 6.08 Å². The summed E-state index contributed by atoms with van der Waals surface area (Å²) in [6.07, 6.45) is 3.31. The lowest BCUT2D eigenvalue weighted by Gasteiger charge is -2.36. The molecule has 25 heavy (non-hydrogen) atoms. The minimum absolute atomic E-state index is 0.0308. The van der Waals surface area contributed by atoms with Crippen molar-refractivity contribution in [3.8, 4) is 0 Å². The van der Waals surface area contributed by atoms with Gasteiger partial charge in [0.25, 0.3) is 0 Å². The molecule has 6 nitrogen and oxygen atoms in total. The van der Waals surface area contributed by atoms with Gasteiger partial charge in [0.15, 0.2) is 0 Å². The number of imide groups is 1. The molecule has 2 heterocycles. The molecule has 1 aromatic carbocycles. The average molecular weight is 341 g/mol. The molecule has 0 saturated carbocycles. The van der Waals surface area contributed by atoms with Gasteiger partial charge in [0.2, 0.25) is 11.8 Å². The Kier molecular flexibility index (Phi) is 4.88. The van der Waals surface area contributed by atoms with E-state index in [1.54, 1.807) is 4.90 Å². The van der Waals surface area contributed by atoms with Crippen LogP contribution in [0.3, 0.4) is 0 Å². The molecule has 0 atom stereocenters. The minimum Gasteiger partial charge on any atom is -0.339 e. The molecular formula is C19H23N3O3. The average Bonchev–Trinajstić information content (AvgIpc) is 2.89. The number of likely N-dealkylation sites (N-methyl/N-ethyl adjacent to an activating group) is 1. The molecule has 0 radical (unpaired) electrons. The third kappa shape index (κ3) is 3.57. The maximum absolute atomic E-state index is 12.6. The van der Waals surface area contributed by atoms with Crippen molar-refractivity contribution in [3.63, 3.8) is 0 Å². The predicted octanol–water partition coefficient (Wildman–Crippen LogP) is 1.97. The van der Waals surface area contributed by atoms with Crippen LogP contribution in [-0.2, 0) is 9.59 Å². The molecule has 0 unspecified atom stereocenters. The van der Waals surface area contributed by atoms with E-state index in [-0.39, 0.29) is 30.4 Å². The van der Waals surface area contributed by atoms with Crippen LogP contribution in [0.5, 0.6) is 0 Å². The number of amides is 4. The van der Waals surface area contributed by atoms with Crippen LogP contribution in [0.1, 0.15) is 25.3 Å². The Bertz CT molecular complexity index is 706. The van der Waals surface area contributed by atoms with Crippen LogP contribution in [0, 0.1) is 0 Å². The van der Waals surface area contributed by atoms with E-state index in [4.69, 9.17) is 0 Å². The fraction of sp³-hybridized carbons (Fsp3) is 0.421. The van der Waals surface area contributed by atoms with Crippen molar-refractivity contribution in [2.45, 2.75) is 25.8 Å². The molecule has 132 valence electrons. The van der Waals surface area contributed by atoms with Gasteiger partial charge < -0.3 is 9.80 Å². The summed E-state index contributed by atoms with van der Waals surface area (Å²) in [6.45, 7) is 3.19. The van der Waals surface area contributed by atoms with Crippen LogP contribution >= 0.6 is 0 Å². The van der Waals surface area contributed by atoms with Crippen molar-refractivity contribution in [1.82, 2.24) is 14.7 Å². The second kappa shape index (κ2) is 7.09. The first-order valence-electron chi connectivity index (χ1n) is 8.57. The highest BCUT2D eigenvalue weighted by atomic mass is 16.2. The van der Waals surface area contributed by atoms with Crippen LogP contribution in [-0.4, -0.2) is 65.3 Å². The summed E-state index contributed by atoms with van der Waals surface area (Å²) in [5.41, 5.74) is 1.71. The molecule has 4 amide bonds. The third-order valence-corrected chi connectivity index (χ3v) is 4.92. The molecule has 0 N–H and O–H groups in total. The number of nitrogens with zero attached hydrogens (tertiary/aromatic N) is 3. The highest BCUT2D eigenvalue weighted by Crippen LogP contribution is 2.22. The normalized spacial score (nSPS) is 19.8. The fourth-order valence-corrected chi connectivity index (χ4v) is 3.40. The first-order chi connectivity index (χ1) is 12.0. The van der Waals surface area contributed by atoms with Crippen LogP contribution < -0.4 is 0 Å². The topological polar surface area (TPSA) is 60.9 Å². The van der Waals surface area contributed by atoms with Gasteiger partial charge in [0.05, 0.1) is 0 Å². The predicted molar refractivity (Wildman–Crippen MR) is 94.6 cm³/mol. The maximum atomic E-state index is 12.6. The number of hydrogen-bond acceptors (Lipinski definition) is 3. The number of hydrogen-bond donors (Lipinski definition) is 0. The van der Waals surface area contributed by atoms with Gasteiger partial charge in [-0.15, -0.1) is 0 Å². The summed E-state index contributed by atoms with van der Waals surface area (Å²) in [5, 5.41) is 0. The van der Waals surface area contributed by atoms with E-state index in [0.717, 1.165) is 5.56 Å². The molecule has 0 spiro atoms. The first-order valence-corrected chi connectivity index (χ1v) is 8.57. The summed E-state index contributed by atoms with van der Waals surface area (Å²) in [6, 6.07) is 9.58. The molecule has 1 aromatic rings. The smallest absolute Gasteiger partial charge is 0.327 e. The van der Waals surface area contributed by atoms with Crippen molar-refractivity contribution >= 4 is 23.9 Å². The van der Waals surface area contributed by atoms with Gasteiger partial charge in [0.1, 0.15) is 6.54 Å². The lowest BCUT2D eigenvalue weighted by atomic mass is 10.0. The number of benzene rings is 1. The SMILES string of the molecule is C/C(=C\c1ccccc1)C(=O)N1CCC(N2CC(=O)N(C)C2=O)CC1. The summed E-state index contributed by atoms with van der Waals surface area (Å²) in [4.78, 5) is 41.0. The number of carbonyl (C=O) groups is 3. The zero-order valence-corrected chi connectivity index (χ0v) is 14.6. The van der Waals surface area contributed by atoms with Crippen LogP contribution in [0.2, 0.25) is 0 Å². The van der Waals surface area contributed by atoms with E-state index in [9.17, 15) is 14.4 Å². The summed E-state index contributed by atoms with van der Waals surface area (Å²) < 4.78 is 0. The number of piperidine rings is 1. The summed E-state index contributed by atoms with van der Waals surface area (Å²) in [7, 11) is 1.51. The summed E-state index contributed by atoms with van der Waals surface area (Å²) in [5.74, 6) is -0.131. The van der Waals surface area contributed by atoms with Gasteiger partial charge in [-0.1, -0.05) is 30.3 Å². The van der Waals surface area contributed by atoms with Crippen molar-refractivity contribution in [3.05, 3.63) is 41.5 Å². The Labute approximate surface area is 147 Å². The highest BCUT2D eigenvalue weighted by Gasteiger charge is 2.39. The molecule has 2 aliphatic rings. The third-order valence-electron chi connectivity index (χ3n) is 4.92. The Morgan fingerprint density at radius 1 is 1.12 bits per heavy atom. The maximum Gasteiger partial charge on any atom is 0.327 e. The van der Waals surface area contributed by atoms with E-state index in [1.807, 2.05) is 48.2 Å². The Hall–Kier alpha value is -2.63. The molecule has 0 aliphatic carbocycles. The van der Waals surface area contributed by atoms with Crippen LogP contribution in [0.4, 0.5) is 4.79 Å². The number of likely N-dealkylation sites (tertiary alicyclic amines) is 1. The highest BCUT2D eigenvalue weighted by molar-refractivity contribution is 6.02. The Morgan fingerprint density at radius 2 is 1.76 bits per heavy atom. The lowest BCUT2D eigenvalue weighted by molar-refractivity contribution is -0.129. The Morgan fingerprint density at radius 3 is 2.32 bits per heavy atom. The van der Waals surface area contributed by atoms with E-state index in [0.29, 0.717) is 31.5 Å². The first kappa shape index (κ1) is 17.2. The standard InChI is InChI=1S/C19H23N3O3/c1-14(12-15-6-4-3-5-7-15)18(24)21-10-8-16(9-11-21)22-13-17(23)20(2)19(22)25/h3-7,12,16H,8-11,13H2,1-2H3/b14-12+. The van der Waals surface area contributed by atoms with Crippen molar-refractivity contribution < 1.29 is 14.4 Å². The van der Waals surface area contributed by atoms with Gasteiger partial charge in [-0.3, -0.25) is 14.5 Å². The zero-order valence-electron chi connectivity index (χ0n) is 14.6. The number of carbonyl (C=O) groups excluding carboxylic acids is 3. The van der Waals surface area contributed by atoms with Gasteiger partial charge >= 0.3 is 6.03 Å². The number of urea groups is 1. The molecule has 0 aromatic heterocycles. The molecular weight excluding hydrogens is 318 g/mol. The van der Waals surface area contributed by atoms with E-state index in [1.165, 1.54) is 11.9 Å². The van der Waals surface area contributed by atoms with Crippen LogP contribution in [0.15, 0.2) is 35.9 Å². The molecule has 2 saturated heterocycles. The second-order valence-electron chi connectivity index (χ2n) is 6.62. The molecule has 2 fully saturated rings. The van der Waals surface area contributed by atoms with Crippen molar-refractivity contribution in [2.24, 2.45) is 0 Å². The van der Waals surface area contributed by atoms with E-state index in [2.05, 4.69) is 0 Å². The van der Waals surface area contributed by atoms with E-state index < -0.39 is 0 Å². The zero-order chi connectivity index (χ0) is 18.0. The van der Waals surface area contributed by atoms with Gasteiger partial charge in [-0.2, -0.15) is 0 Å². The fourth-order valence-electron chi connectivity index (χ4n) is 3.40. The molecule has 3 rings (SSSR count). The van der Waals surface area contributed by atoms with Gasteiger partial charge in [0, 0.05) is 31.8 Å². The lowest BCUT2D eigenvalue weighted by Crippen LogP contribution is -2.48. The van der Waals surface area contributed by atoms with Gasteiger partial charge in [-0.25, -0.2) is 4.79 Å². The monoisotopic (exact) mass is 341 g/mol. The van der Waals surface area contributed by atoms with Crippen molar-refractivity contribution in [2.75, 3.05) is 26.7 Å². The summed E-state index contributed by atoms with van der Waals surface area (Å²) >= 11 is 0. The largest absolute Gasteiger partial charge is 0.339 e. The molecule has 6 heteroatoms. The van der Waals surface area contributed by atoms with E-state index >= 15 is 0 Å².